The minimum atomic E-state index is 0.586. The number of hydrogen-bond donors (Lipinski definition) is 1. The highest BCUT2D eigenvalue weighted by Crippen LogP contribution is 2.24. The van der Waals surface area contributed by atoms with Gasteiger partial charge in [-0.05, 0) is 18.7 Å². The van der Waals surface area contributed by atoms with Gasteiger partial charge in [-0.25, -0.2) is 0 Å². The summed E-state index contributed by atoms with van der Waals surface area (Å²) in [5.74, 6) is 0. The lowest BCUT2D eigenvalue weighted by atomic mass is 10.3. The van der Waals surface area contributed by atoms with Crippen LogP contribution in [0.3, 0.4) is 0 Å². The van der Waals surface area contributed by atoms with E-state index >= 15 is 0 Å². The van der Waals surface area contributed by atoms with Gasteiger partial charge in [0.25, 0.3) is 0 Å². The van der Waals surface area contributed by atoms with Crippen LogP contribution in [0.5, 0.6) is 0 Å². The molecule has 0 saturated carbocycles. The molecule has 0 fully saturated rings. The summed E-state index contributed by atoms with van der Waals surface area (Å²) in [5, 5.41) is 0.586. The lowest BCUT2D eigenvalue weighted by molar-refractivity contribution is 1.12. The van der Waals surface area contributed by atoms with Gasteiger partial charge in [0.05, 0.1) is 0 Å². The van der Waals surface area contributed by atoms with Crippen molar-refractivity contribution in [2.24, 2.45) is 5.73 Å². The standard InChI is InChI=1S/C8H15NS/c1-6(2)10-8(4)7(3)5-9/h5-6H,4,9H2,1-3H3/b7-5+. The second-order valence-electron chi connectivity index (χ2n) is 2.44. The van der Waals surface area contributed by atoms with Gasteiger partial charge in [-0.3, -0.25) is 0 Å². The zero-order valence-electron chi connectivity index (χ0n) is 6.85. The van der Waals surface area contributed by atoms with E-state index in [4.69, 9.17) is 5.73 Å². The highest BCUT2D eigenvalue weighted by atomic mass is 32.2. The molecular weight excluding hydrogens is 142 g/mol. The Labute approximate surface area is 67.4 Å². The SMILES string of the molecule is C=C(SC(C)C)/C(C)=C/N. The smallest absolute Gasteiger partial charge is 0.00462 e. The Kier molecular flexibility index (Phi) is 4.28. The van der Waals surface area contributed by atoms with Gasteiger partial charge >= 0.3 is 0 Å². The molecule has 0 aromatic heterocycles. The zero-order chi connectivity index (χ0) is 8.15. The van der Waals surface area contributed by atoms with Gasteiger partial charge in [0, 0.05) is 10.2 Å². The van der Waals surface area contributed by atoms with Crippen molar-refractivity contribution < 1.29 is 0 Å². The molecule has 0 aliphatic carbocycles. The van der Waals surface area contributed by atoms with E-state index in [0.717, 1.165) is 10.5 Å². The van der Waals surface area contributed by atoms with Crippen LogP contribution >= 0.6 is 11.8 Å². The number of nitrogens with two attached hydrogens (primary N) is 1. The predicted octanol–water partition coefficient (Wildman–Crippen LogP) is 2.50. The Morgan fingerprint density at radius 1 is 1.60 bits per heavy atom. The van der Waals surface area contributed by atoms with Crippen LogP contribution in [0.25, 0.3) is 0 Å². The van der Waals surface area contributed by atoms with E-state index in [-0.39, 0.29) is 0 Å². The number of hydrogen-bond acceptors (Lipinski definition) is 2. The van der Waals surface area contributed by atoms with E-state index in [1.54, 1.807) is 18.0 Å². The third-order valence-electron chi connectivity index (χ3n) is 1.07. The van der Waals surface area contributed by atoms with E-state index in [0.29, 0.717) is 5.25 Å². The third kappa shape index (κ3) is 3.62. The molecule has 2 heteroatoms. The van der Waals surface area contributed by atoms with E-state index in [1.807, 2.05) is 6.92 Å². The Morgan fingerprint density at radius 2 is 2.10 bits per heavy atom. The lowest BCUT2D eigenvalue weighted by Crippen LogP contribution is -1.90. The molecule has 58 valence electrons. The lowest BCUT2D eigenvalue weighted by Gasteiger charge is -2.06. The topological polar surface area (TPSA) is 26.0 Å². The van der Waals surface area contributed by atoms with Crippen molar-refractivity contribution in [2.45, 2.75) is 26.0 Å². The van der Waals surface area contributed by atoms with E-state index in [1.165, 1.54) is 0 Å². The molecule has 0 atom stereocenters. The van der Waals surface area contributed by atoms with Crippen LogP contribution in [0.1, 0.15) is 20.8 Å². The summed E-state index contributed by atoms with van der Waals surface area (Å²) in [6.45, 7) is 10.1. The molecule has 0 amide bonds. The maximum absolute atomic E-state index is 5.31. The molecule has 0 saturated heterocycles. The van der Waals surface area contributed by atoms with Crippen LogP contribution in [0, 0.1) is 0 Å². The highest BCUT2D eigenvalue weighted by Gasteiger charge is 1.99. The van der Waals surface area contributed by atoms with Crippen molar-refractivity contribution in [3.05, 3.63) is 23.3 Å². The molecule has 10 heavy (non-hydrogen) atoms. The van der Waals surface area contributed by atoms with E-state index < -0.39 is 0 Å². The van der Waals surface area contributed by atoms with Crippen molar-refractivity contribution in [3.8, 4) is 0 Å². The molecule has 0 aliphatic heterocycles. The molecule has 0 heterocycles. The fraction of sp³-hybridized carbons (Fsp3) is 0.500. The van der Waals surface area contributed by atoms with Gasteiger partial charge in [0.1, 0.15) is 0 Å². The van der Waals surface area contributed by atoms with Crippen LogP contribution < -0.4 is 5.73 Å². The van der Waals surface area contributed by atoms with Gasteiger partial charge in [-0.1, -0.05) is 20.4 Å². The first-order valence-corrected chi connectivity index (χ1v) is 4.20. The van der Waals surface area contributed by atoms with Crippen molar-refractivity contribution >= 4 is 11.8 Å². The Bertz CT molecular complexity index is 147. The molecule has 0 unspecified atom stereocenters. The van der Waals surface area contributed by atoms with E-state index in [9.17, 15) is 0 Å². The molecule has 1 nitrogen and oxygen atoms in total. The Morgan fingerprint density at radius 3 is 2.40 bits per heavy atom. The number of allylic oxidation sites excluding steroid dienone is 1. The summed E-state index contributed by atoms with van der Waals surface area (Å²) in [7, 11) is 0. The highest BCUT2D eigenvalue weighted by molar-refractivity contribution is 8.03. The van der Waals surface area contributed by atoms with Gasteiger partial charge in [-0.2, -0.15) is 0 Å². The normalized spacial score (nSPS) is 12.2. The quantitative estimate of drug-likeness (QED) is 0.637. The molecule has 0 radical (unpaired) electrons. The van der Waals surface area contributed by atoms with Gasteiger partial charge in [0.15, 0.2) is 0 Å². The Hall–Kier alpha value is -0.370. The summed E-state index contributed by atoms with van der Waals surface area (Å²) in [6, 6.07) is 0. The monoisotopic (exact) mass is 157 g/mol. The Balaban J connectivity index is 3.86. The van der Waals surface area contributed by atoms with Gasteiger partial charge < -0.3 is 5.73 Å². The minimum Gasteiger partial charge on any atom is -0.404 e. The average molecular weight is 157 g/mol. The van der Waals surface area contributed by atoms with Crippen LogP contribution in [0.4, 0.5) is 0 Å². The first-order valence-electron chi connectivity index (χ1n) is 3.32. The van der Waals surface area contributed by atoms with Crippen LogP contribution in [0.15, 0.2) is 23.3 Å². The minimum absolute atomic E-state index is 0.586. The second kappa shape index (κ2) is 4.45. The van der Waals surface area contributed by atoms with Crippen molar-refractivity contribution in [1.82, 2.24) is 0 Å². The maximum Gasteiger partial charge on any atom is 0.00462 e. The first kappa shape index (κ1) is 9.63. The first-order chi connectivity index (χ1) is 4.57. The molecule has 0 spiro atoms. The molecule has 0 rings (SSSR count). The molecule has 0 aromatic rings. The van der Waals surface area contributed by atoms with Gasteiger partial charge in [0.2, 0.25) is 0 Å². The third-order valence-corrected chi connectivity index (χ3v) is 2.15. The predicted molar refractivity (Wildman–Crippen MR) is 49.8 cm³/mol. The number of rotatable bonds is 3. The van der Waals surface area contributed by atoms with Crippen molar-refractivity contribution in [2.75, 3.05) is 0 Å². The molecular formula is C8H15NS. The van der Waals surface area contributed by atoms with Crippen molar-refractivity contribution in [3.63, 3.8) is 0 Å². The summed E-state index contributed by atoms with van der Waals surface area (Å²) >= 11 is 1.74. The van der Waals surface area contributed by atoms with Crippen molar-refractivity contribution in [1.29, 1.82) is 0 Å². The van der Waals surface area contributed by atoms with Crippen LogP contribution in [0.2, 0.25) is 0 Å². The second-order valence-corrected chi connectivity index (χ2v) is 4.11. The molecule has 0 bridgehead atoms. The average Bonchev–Trinajstić information content (AvgIpc) is 1.85. The van der Waals surface area contributed by atoms with Gasteiger partial charge in [-0.15, -0.1) is 11.8 Å². The fourth-order valence-electron chi connectivity index (χ4n) is 0.470. The maximum atomic E-state index is 5.31. The summed E-state index contributed by atoms with van der Waals surface area (Å²) < 4.78 is 0. The summed E-state index contributed by atoms with van der Waals surface area (Å²) in [4.78, 5) is 1.07. The summed E-state index contributed by atoms with van der Waals surface area (Å²) in [5.41, 5.74) is 6.38. The fourth-order valence-corrected chi connectivity index (χ4v) is 1.29. The number of thioether (sulfide) groups is 1. The molecule has 0 aliphatic rings. The largest absolute Gasteiger partial charge is 0.404 e. The van der Waals surface area contributed by atoms with E-state index in [2.05, 4.69) is 20.4 Å². The molecule has 2 N–H and O–H groups in total. The summed E-state index contributed by atoms with van der Waals surface area (Å²) in [6.07, 6.45) is 1.59. The van der Waals surface area contributed by atoms with Crippen LogP contribution in [-0.2, 0) is 0 Å². The van der Waals surface area contributed by atoms with Crippen LogP contribution in [-0.4, -0.2) is 5.25 Å². The zero-order valence-corrected chi connectivity index (χ0v) is 7.66. The molecule has 0 aromatic carbocycles.